The molecule has 0 radical (unpaired) electrons. The summed E-state index contributed by atoms with van der Waals surface area (Å²) in [5, 5.41) is 0. The molecule has 2 aromatic heterocycles. The molecule has 2 saturated heterocycles. The van der Waals surface area contributed by atoms with Crippen LogP contribution in [0.1, 0.15) is 26.3 Å². The first-order chi connectivity index (χ1) is 17.0. The van der Waals surface area contributed by atoms with Gasteiger partial charge in [0, 0.05) is 60.6 Å². The summed E-state index contributed by atoms with van der Waals surface area (Å²) in [6.07, 6.45) is 4.90. The van der Waals surface area contributed by atoms with Crippen molar-refractivity contribution in [1.82, 2.24) is 19.9 Å². The van der Waals surface area contributed by atoms with Gasteiger partial charge in [0.25, 0.3) is 5.91 Å². The van der Waals surface area contributed by atoms with Crippen LogP contribution >= 0.6 is 0 Å². The second-order valence-electron chi connectivity index (χ2n) is 9.06. The van der Waals surface area contributed by atoms with Crippen LogP contribution in [0.15, 0.2) is 48.9 Å². The van der Waals surface area contributed by atoms with Crippen molar-refractivity contribution in [2.24, 2.45) is 5.73 Å². The number of rotatable bonds is 4. The molecule has 2 N–H and O–H groups in total. The summed E-state index contributed by atoms with van der Waals surface area (Å²) in [5.41, 5.74) is 9.58. The van der Waals surface area contributed by atoms with Crippen molar-refractivity contribution < 1.29 is 19.1 Å². The van der Waals surface area contributed by atoms with Crippen LogP contribution in [0, 0.1) is 0 Å². The number of ether oxygens (including phenoxy) is 2. The summed E-state index contributed by atoms with van der Waals surface area (Å²) in [6, 6.07) is 9.07. The third-order valence-electron chi connectivity index (χ3n) is 6.84. The predicted molar refractivity (Wildman–Crippen MR) is 126 cm³/mol. The van der Waals surface area contributed by atoms with Crippen molar-refractivity contribution in [3.8, 4) is 11.3 Å². The number of hydrogen-bond donors (Lipinski definition) is 1. The van der Waals surface area contributed by atoms with Crippen LogP contribution in [0.3, 0.4) is 0 Å². The number of benzene rings is 1. The monoisotopic (exact) mass is 472 g/mol. The van der Waals surface area contributed by atoms with Gasteiger partial charge in [-0.1, -0.05) is 6.07 Å². The molecule has 2 fully saturated rings. The lowest BCUT2D eigenvalue weighted by Crippen LogP contribution is -2.49. The van der Waals surface area contributed by atoms with Crippen LogP contribution < -0.4 is 10.6 Å². The average molecular weight is 473 g/mol. The van der Waals surface area contributed by atoms with Crippen LogP contribution in [0.25, 0.3) is 11.3 Å². The molecule has 3 aliphatic rings. The Morgan fingerprint density at radius 1 is 0.943 bits per heavy atom. The first-order valence-electron chi connectivity index (χ1n) is 11.5. The number of anilines is 2. The molecule has 178 valence electrons. The number of amides is 2. The molecule has 10 heteroatoms. The average Bonchev–Trinajstić information content (AvgIpc) is 3.24. The van der Waals surface area contributed by atoms with Gasteiger partial charge in [-0.25, -0.2) is 9.97 Å². The minimum atomic E-state index is -0.518. The number of hydrogen-bond acceptors (Lipinski definition) is 8. The molecule has 10 nitrogen and oxygen atoms in total. The highest BCUT2D eigenvalue weighted by molar-refractivity contribution is 5.96. The Labute approximate surface area is 201 Å². The maximum atomic E-state index is 13.1. The quantitative estimate of drug-likeness (QED) is 0.606. The van der Waals surface area contributed by atoms with E-state index in [0.717, 1.165) is 11.3 Å². The molecule has 0 bridgehead atoms. The van der Waals surface area contributed by atoms with Gasteiger partial charge in [0.05, 0.1) is 37.5 Å². The van der Waals surface area contributed by atoms with Crippen molar-refractivity contribution in [2.45, 2.75) is 5.41 Å². The summed E-state index contributed by atoms with van der Waals surface area (Å²) in [6.45, 7) is 4.21. The third-order valence-corrected chi connectivity index (χ3v) is 6.84. The molecular weight excluding hydrogens is 448 g/mol. The number of nitrogens with two attached hydrogens (primary N) is 1. The summed E-state index contributed by atoms with van der Waals surface area (Å²) < 4.78 is 11.0. The van der Waals surface area contributed by atoms with Gasteiger partial charge in [-0.2, -0.15) is 0 Å². The van der Waals surface area contributed by atoms with Crippen molar-refractivity contribution in [1.29, 1.82) is 0 Å². The van der Waals surface area contributed by atoms with Gasteiger partial charge < -0.3 is 25.0 Å². The second kappa shape index (κ2) is 8.40. The lowest BCUT2D eigenvalue weighted by atomic mass is 9.80. The molecule has 1 spiro atoms. The summed E-state index contributed by atoms with van der Waals surface area (Å²) >= 11 is 0. The van der Waals surface area contributed by atoms with E-state index in [1.54, 1.807) is 24.5 Å². The number of carbonyl (C=O) groups is 2. The van der Waals surface area contributed by atoms with E-state index < -0.39 is 5.91 Å². The summed E-state index contributed by atoms with van der Waals surface area (Å²) in [7, 11) is 0. The van der Waals surface area contributed by atoms with E-state index in [-0.39, 0.29) is 11.3 Å². The van der Waals surface area contributed by atoms with Crippen molar-refractivity contribution in [2.75, 3.05) is 51.0 Å². The van der Waals surface area contributed by atoms with E-state index in [1.807, 2.05) is 28.0 Å². The number of nitrogens with zero attached hydrogens (tertiary/aromatic N) is 5. The van der Waals surface area contributed by atoms with E-state index in [9.17, 15) is 9.59 Å². The Kier molecular flexibility index (Phi) is 5.19. The normalized spacial score (nSPS) is 18.3. The number of primary amides is 1. The minimum absolute atomic E-state index is 0.00136. The fourth-order valence-corrected chi connectivity index (χ4v) is 4.87. The van der Waals surface area contributed by atoms with Crippen LogP contribution in [0.2, 0.25) is 0 Å². The molecule has 3 aromatic rings. The number of fused-ring (bicyclic) bond motifs is 2. The smallest absolute Gasteiger partial charge is 0.254 e. The van der Waals surface area contributed by atoms with Gasteiger partial charge in [0.1, 0.15) is 0 Å². The predicted octanol–water partition coefficient (Wildman–Crippen LogP) is 1.53. The molecule has 35 heavy (non-hydrogen) atoms. The Morgan fingerprint density at radius 2 is 1.71 bits per heavy atom. The zero-order valence-electron chi connectivity index (χ0n) is 19.0. The Balaban J connectivity index is 1.32. The topological polar surface area (TPSA) is 124 Å². The van der Waals surface area contributed by atoms with E-state index in [4.69, 9.17) is 15.2 Å². The third kappa shape index (κ3) is 3.71. The first kappa shape index (κ1) is 21.6. The highest BCUT2D eigenvalue weighted by Gasteiger charge is 2.49. The van der Waals surface area contributed by atoms with E-state index in [1.165, 1.54) is 6.20 Å². The fourth-order valence-electron chi connectivity index (χ4n) is 4.87. The second-order valence-corrected chi connectivity index (χ2v) is 9.06. The fraction of sp³-hybridized carbons (Fsp3) is 0.320. The van der Waals surface area contributed by atoms with Gasteiger partial charge in [0.2, 0.25) is 11.9 Å². The molecule has 0 unspecified atom stereocenters. The van der Waals surface area contributed by atoms with Crippen LogP contribution in [0.4, 0.5) is 11.6 Å². The molecule has 5 heterocycles. The molecule has 0 saturated carbocycles. The number of morpholine rings is 1. The standard InChI is InChI=1S/C25H24N6O4/c26-22(32)16-3-4-27-20(9-16)18-11-28-24(29-12-18)31-13-25(14-35-15-25)19-2-1-17(10-21(19)31)23(33)30-5-7-34-8-6-30/h1-4,9-12H,5-8,13-15H2,(H2,26,32). The van der Waals surface area contributed by atoms with Crippen LogP contribution in [-0.4, -0.2) is 77.7 Å². The lowest BCUT2D eigenvalue weighted by Gasteiger charge is -2.38. The zero-order valence-corrected chi connectivity index (χ0v) is 19.0. The van der Waals surface area contributed by atoms with E-state index >= 15 is 0 Å². The molecular formula is C25H24N6O4. The lowest BCUT2D eigenvalue weighted by molar-refractivity contribution is -0.0507. The highest BCUT2D eigenvalue weighted by Crippen LogP contribution is 2.47. The highest BCUT2D eigenvalue weighted by atomic mass is 16.5. The maximum Gasteiger partial charge on any atom is 0.254 e. The summed E-state index contributed by atoms with van der Waals surface area (Å²) in [5.74, 6) is 0.00893. The van der Waals surface area contributed by atoms with Crippen molar-refractivity contribution in [3.05, 3.63) is 65.6 Å². The minimum Gasteiger partial charge on any atom is -0.379 e. The van der Waals surface area contributed by atoms with Crippen LogP contribution in [-0.2, 0) is 14.9 Å². The van der Waals surface area contributed by atoms with Gasteiger partial charge in [-0.3, -0.25) is 14.6 Å². The Bertz CT molecular complexity index is 1300. The van der Waals surface area contributed by atoms with Gasteiger partial charge in [-0.15, -0.1) is 0 Å². The summed E-state index contributed by atoms with van der Waals surface area (Å²) in [4.78, 5) is 42.0. The first-order valence-corrected chi connectivity index (χ1v) is 11.5. The van der Waals surface area contributed by atoms with Gasteiger partial charge >= 0.3 is 0 Å². The van der Waals surface area contributed by atoms with Gasteiger partial charge in [0.15, 0.2) is 0 Å². The Morgan fingerprint density at radius 3 is 2.40 bits per heavy atom. The Hall–Kier alpha value is -3.89. The van der Waals surface area contributed by atoms with E-state index in [0.29, 0.717) is 74.4 Å². The molecule has 1 aromatic carbocycles. The molecule has 0 aliphatic carbocycles. The van der Waals surface area contributed by atoms with Gasteiger partial charge in [-0.05, 0) is 29.8 Å². The SMILES string of the molecule is NC(=O)c1ccnc(-c2cnc(N3CC4(COC4)c4ccc(C(=O)N5CCOCC5)cc43)nc2)c1. The molecule has 3 aliphatic heterocycles. The van der Waals surface area contributed by atoms with Crippen molar-refractivity contribution >= 4 is 23.5 Å². The molecule has 0 atom stereocenters. The molecule has 2 amide bonds. The largest absolute Gasteiger partial charge is 0.379 e. The number of pyridine rings is 1. The number of carbonyl (C=O) groups excluding carboxylic acids is 2. The number of aromatic nitrogens is 3. The van der Waals surface area contributed by atoms with Crippen molar-refractivity contribution in [3.63, 3.8) is 0 Å². The maximum absolute atomic E-state index is 13.1. The molecule has 6 rings (SSSR count). The van der Waals surface area contributed by atoms with E-state index in [2.05, 4.69) is 15.0 Å². The zero-order chi connectivity index (χ0) is 24.0. The van der Waals surface area contributed by atoms with Crippen LogP contribution in [0.5, 0.6) is 0 Å².